The maximum Gasteiger partial charge on any atom is 0.427 e. The normalized spacial score (nSPS) is 19.5. The maximum atomic E-state index is 12.8. The molecule has 1 aliphatic rings. The molecule has 0 radical (unpaired) electrons. The lowest BCUT2D eigenvalue weighted by Gasteiger charge is -2.35. The molecule has 1 aliphatic heterocycles. The Morgan fingerprint density at radius 2 is 1.96 bits per heavy atom. The van der Waals surface area contributed by atoms with Crippen LogP contribution in [-0.4, -0.2) is 30.0 Å². The van der Waals surface area contributed by atoms with E-state index in [1.807, 2.05) is 20.8 Å². The average Bonchev–Trinajstić information content (AvgIpc) is 2.54. The van der Waals surface area contributed by atoms with Crippen LogP contribution >= 0.6 is 0 Å². The molecular formula is C19H24F3N3O3. The van der Waals surface area contributed by atoms with Crippen LogP contribution in [0.25, 0.3) is 0 Å². The van der Waals surface area contributed by atoms with Crippen LogP contribution in [0.4, 0.5) is 29.3 Å². The van der Waals surface area contributed by atoms with Crippen LogP contribution < -0.4 is 15.4 Å². The third kappa shape index (κ3) is 5.00. The van der Waals surface area contributed by atoms with Gasteiger partial charge >= 0.3 is 12.3 Å². The quantitative estimate of drug-likeness (QED) is 0.738. The third-order valence-electron chi connectivity index (χ3n) is 4.49. The van der Waals surface area contributed by atoms with Crippen LogP contribution in [0.3, 0.4) is 0 Å². The highest BCUT2D eigenvalue weighted by molar-refractivity contribution is 5.86. The molecule has 1 aromatic rings. The maximum absolute atomic E-state index is 12.8. The van der Waals surface area contributed by atoms with Crippen LogP contribution in [-0.2, 0) is 4.74 Å². The van der Waals surface area contributed by atoms with E-state index in [2.05, 4.69) is 21.4 Å². The first-order valence-electron chi connectivity index (χ1n) is 8.79. The number of fused-ring (bicyclic) bond motifs is 1. The van der Waals surface area contributed by atoms with E-state index in [9.17, 15) is 23.2 Å². The highest BCUT2D eigenvalue weighted by Gasteiger charge is 2.51. The molecule has 0 bridgehead atoms. The van der Waals surface area contributed by atoms with Gasteiger partial charge in [0.25, 0.3) is 0 Å². The van der Waals surface area contributed by atoms with Crippen molar-refractivity contribution < 1.29 is 27.4 Å². The Morgan fingerprint density at radius 3 is 2.54 bits per heavy atom. The Morgan fingerprint density at radius 1 is 1.32 bits per heavy atom. The van der Waals surface area contributed by atoms with Crippen molar-refractivity contribution in [3.8, 4) is 11.8 Å². The molecule has 2 rings (SSSR count). The summed E-state index contributed by atoms with van der Waals surface area (Å²) in [5.41, 5.74) is -2.30. The van der Waals surface area contributed by atoms with Gasteiger partial charge in [0.05, 0.1) is 23.2 Å². The first kappa shape index (κ1) is 21.7. The summed E-state index contributed by atoms with van der Waals surface area (Å²) in [7, 11) is 0. The van der Waals surface area contributed by atoms with E-state index in [0.29, 0.717) is 17.9 Å². The molecule has 1 amide bonds. The number of ether oxygens (including phenoxy) is 2. The first-order chi connectivity index (χ1) is 12.7. The zero-order chi connectivity index (χ0) is 21.3. The van der Waals surface area contributed by atoms with Crippen LogP contribution in [0.2, 0.25) is 0 Å². The molecule has 0 aromatic heterocycles. The highest BCUT2D eigenvalue weighted by Crippen LogP contribution is 2.37. The second-order valence-corrected chi connectivity index (χ2v) is 8.02. The van der Waals surface area contributed by atoms with Crippen molar-refractivity contribution in [3.05, 3.63) is 18.2 Å². The number of nitriles is 1. The summed E-state index contributed by atoms with van der Waals surface area (Å²) in [6, 6.07) is 6.80. The number of hydrogen-bond donors (Lipinski definition) is 2. The van der Waals surface area contributed by atoms with E-state index in [1.165, 1.54) is 6.07 Å². The van der Waals surface area contributed by atoms with Crippen molar-refractivity contribution >= 4 is 17.5 Å². The van der Waals surface area contributed by atoms with Crippen LogP contribution in [0, 0.1) is 16.7 Å². The lowest BCUT2D eigenvalue weighted by molar-refractivity contribution is -0.242. The van der Waals surface area contributed by atoms with Gasteiger partial charge in [-0.05, 0) is 52.8 Å². The SMILES string of the molecule is C[C@@H]1Nc2cc(NC(=O)OC(C)(C)C(F)(F)F)ccc2O[C@@H]1CC(C)(C)C#N. The highest BCUT2D eigenvalue weighted by atomic mass is 19.4. The van der Waals surface area contributed by atoms with Crippen molar-refractivity contribution in [3.63, 3.8) is 0 Å². The lowest BCUT2D eigenvalue weighted by atomic mass is 9.86. The number of anilines is 2. The Hall–Kier alpha value is -2.63. The first-order valence-corrected chi connectivity index (χ1v) is 8.79. The van der Waals surface area contributed by atoms with Crippen molar-refractivity contribution in [1.82, 2.24) is 0 Å². The molecule has 0 saturated carbocycles. The van der Waals surface area contributed by atoms with E-state index in [0.717, 1.165) is 13.8 Å². The molecule has 2 atom stereocenters. The second-order valence-electron chi connectivity index (χ2n) is 8.02. The Kier molecular flexibility index (Phi) is 5.74. The smallest absolute Gasteiger partial charge is 0.427 e. The minimum absolute atomic E-state index is 0.105. The van der Waals surface area contributed by atoms with E-state index >= 15 is 0 Å². The fourth-order valence-electron chi connectivity index (χ4n) is 2.63. The summed E-state index contributed by atoms with van der Waals surface area (Å²) in [6.45, 7) is 7.12. The van der Waals surface area contributed by atoms with Gasteiger partial charge < -0.3 is 14.8 Å². The van der Waals surface area contributed by atoms with Crippen molar-refractivity contribution in [2.45, 2.75) is 65.0 Å². The van der Waals surface area contributed by atoms with Crippen LogP contribution in [0.1, 0.15) is 41.0 Å². The number of hydrogen-bond acceptors (Lipinski definition) is 5. The summed E-state index contributed by atoms with van der Waals surface area (Å²) < 4.78 is 48.9. The number of benzene rings is 1. The number of nitrogens with zero attached hydrogens (tertiary/aromatic N) is 1. The van der Waals surface area contributed by atoms with Crippen LogP contribution in [0.15, 0.2) is 18.2 Å². The predicted octanol–water partition coefficient (Wildman–Crippen LogP) is 5.08. The number of alkyl halides is 3. The fourth-order valence-corrected chi connectivity index (χ4v) is 2.63. The van der Waals surface area contributed by atoms with Gasteiger partial charge in [0, 0.05) is 12.1 Å². The van der Waals surface area contributed by atoms with Gasteiger partial charge in [0.15, 0.2) is 0 Å². The lowest BCUT2D eigenvalue weighted by Crippen LogP contribution is -2.44. The van der Waals surface area contributed by atoms with Crippen molar-refractivity contribution in [2.75, 3.05) is 10.6 Å². The van der Waals surface area contributed by atoms with Crippen molar-refractivity contribution in [2.24, 2.45) is 5.41 Å². The average molecular weight is 399 g/mol. The van der Waals surface area contributed by atoms with E-state index in [-0.39, 0.29) is 17.8 Å². The zero-order valence-electron chi connectivity index (χ0n) is 16.4. The Balaban J connectivity index is 2.08. The molecular weight excluding hydrogens is 375 g/mol. The van der Waals surface area contributed by atoms with Gasteiger partial charge in [-0.1, -0.05) is 0 Å². The molecule has 2 N–H and O–H groups in total. The van der Waals surface area contributed by atoms with E-state index in [1.54, 1.807) is 12.1 Å². The summed E-state index contributed by atoms with van der Waals surface area (Å²) in [5, 5.41) is 14.7. The Bertz CT molecular complexity index is 785. The molecule has 1 aromatic carbocycles. The van der Waals surface area contributed by atoms with Crippen molar-refractivity contribution in [1.29, 1.82) is 5.26 Å². The summed E-state index contributed by atoms with van der Waals surface area (Å²) in [6.07, 6.45) is -5.59. The predicted molar refractivity (Wildman–Crippen MR) is 98.2 cm³/mol. The fraction of sp³-hybridized carbons (Fsp3) is 0.579. The molecule has 1 heterocycles. The number of rotatable bonds is 4. The molecule has 0 aliphatic carbocycles. The minimum Gasteiger partial charge on any atom is -0.486 e. The van der Waals surface area contributed by atoms with Gasteiger partial charge in [0.2, 0.25) is 5.60 Å². The number of nitrogens with one attached hydrogen (secondary N) is 2. The van der Waals surface area contributed by atoms with E-state index in [4.69, 9.17) is 4.74 Å². The molecule has 6 nitrogen and oxygen atoms in total. The molecule has 0 fully saturated rings. The second kappa shape index (κ2) is 7.41. The van der Waals surface area contributed by atoms with Gasteiger partial charge in [-0.3, -0.25) is 5.32 Å². The topological polar surface area (TPSA) is 83.4 Å². The minimum atomic E-state index is -4.68. The number of halogens is 3. The van der Waals surface area contributed by atoms with Gasteiger partial charge in [-0.25, -0.2) is 4.79 Å². The number of amides is 1. The number of carbonyl (C=O) groups is 1. The number of carbonyl (C=O) groups excluding carboxylic acids is 1. The van der Waals surface area contributed by atoms with Gasteiger partial charge in [0.1, 0.15) is 11.9 Å². The monoisotopic (exact) mass is 399 g/mol. The summed E-state index contributed by atoms with van der Waals surface area (Å²) in [5.74, 6) is 0.534. The van der Waals surface area contributed by atoms with E-state index < -0.39 is 23.3 Å². The third-order valence-corrected chi connectivity index (χ3v) is 4.49. The molecule has 0 unspecified atom stereocenters. The largest absolute Gasteiger partial charge is 0.486 e. The molecule has 9 heteroatoms. The summed E-state index contributed by atoms with van der Waals surface area (Å²) in [4.78, 5) is 11.8. The summed E-state index contributed by atoms with van der Waals surface area (Å²) >= 11 is 0. The zero-order valence-corrected chi connectivity index (χ0v) is 16.4. The van der Waals surface area contributed by atoms with Crippen LogP contribution in [0.5, 0.6) is 5.75 Å². The molecule has 28 heavy (non-hydrogen) atoms. The molecule has 154 valence electrons. The molecule has 0 spiro atoms. The Labute approximate surface area is 162 Å². The van der Waals surface area contributed by atoms with Gasteiger partial charge in [-0.2, -0.15) is 18.4 Å². The van der Waals surface area contributed by atoms with Gasteiger partial charge in [-0.15, -0.1) is 0 Å². The standard InChI is InChI=1S/C19H24F3N3O3/c1-11-15(9-17(2,3)10-23)27-14-7-6-12(8-13(14)24-11)25-16(26)28-18(4,5)19(20,21)22/h6-8,11,15,24H,9H2,1-5H3,(H,25,26)/t11-,15+/m0/s1. The molecule has 0 saturated heterocycles.